The topological polar surface area (TPSA) is 88.3 Å². The van der Waals surface area contributed by atoms with Gasteiger partial charge < -0.3 is 15.0 Å². The highest BCUT2D eigenvalue weighted by Crippen LogP contribution is 2.11. The third-order valence-electron chi connectivity index (χ3n) is 3.41. The SMILES string of the molecule is COC(=O)C(NC(=O)c1cc2ccccc2c(=O)[nH]1)C(C)C. The summed E-state index contributed by atoms with van der Waals surface area (Å²) in [7, 11) is 1.27. The van der Waals surface area contributed by atoms with Crippen LogP contribution in [0.5, 0.6) is 0 Å². The first kappa shape index (κ1) is 15.8. The predicted molar refractivity (Wildman–Crippen MR) is 82.7 cm³/mol. The molecule has 2 N–H and O–H groups in total. The highest BCUT2D eigenvalue weighted by molar-refractivity contribution is 5.98. The number of nitrogens with one attached hydrogen (secondary N) is 2. The number of pyridine rings is 1. The van der Waals surface area contributed by atoms with Crippen LogP contribution in [0.2, 0.25) is 0 Å². The quantitative estimate of drug-likeness (QED) is 0.837. The maximum absolute atomic E-state index is 12.3. The summed E-state index contributed by atoms with van der Waals surface area (Å²) in [6.45, 7) is 3.59. The van der Waals surface area contributed by atoms with Gasteiger partial charge >= 0.3 is 5.97 Å². The lowest BCUT2D eigenvalue weighted by Gasteiger charge is -2.19. The number of esters is 1. The number of amides is 1. The fourth-order valence-electron chi connectivity index (χ4n) is 2.18. The average Bonchev–Trinajstić information content (AvgIpc) is 2.51. The zero-order valence-corrected chi connectivity index (χ0v) is 12.7. The Labute approximate surface area is 127 Å². The van der Waals surface area contributed by atoms with Crippen molar-refractivity contribution in [1.82, 2.24) is 10.3 Å². The van der Waals surface area contributed by atoms with E-state index in [2.05, 4.69) is 15.0 Å². The van der Waals surface area contributed by atoms with E-state index in [0.717, 1.165) is 0 Å². The molecule has 22 heavy (non-hydrogen) atoms. The number of ether oxygens (including phenoxy) is 1. The number of benzene rings is 1. The van der Waals surface area contributed by atoms with Gasteiger partial charge in [0.25, 0.3) is 11.5 Å². The Balaban J connectivity index is 2.33. The molecule has 6 heteroatoms. The third kappa shape index (κ3) is 3.16. The van der Waals surface area contributed by atoms with Crippen molar-refractivity contribution < 1.29 is 14.3 Å². The molecule has 1 aromatic heterocycles. The van der Waals surface area contributed by atoms with Gasteiger partial charge in [-0.1, -0.05) is 32.0 Å². The van der Waals surface area contributed by atoms with Crippen molar-refractivity contribution >= 4 is 22.6 Å². The Kier molecular flexibility index (Phi) is 4.60. The number of methoxy groups -OCH3 is 1. The summed E-state index contributed by atoms with van der Waals surface area (Å²) in [5.41, 5.74) is -0.235. The number of carbonyl (C=O) groups is 2. The minimum atomic E-state index is -0.771. The number of H-pyrrole nitrogens is 1. The molecule has 6 nitrogen and oxygen atoms in total. The van der Waals surface area contributed by atoms with Crippen LogP contribution in [0.3, 0.4) is 0 Å². The van der Waals surface area contributed by atoms with Crippen LogP contribution >= 0.6 is 0 Å². The summed E-state index contributed by atoms with van der Waals surface area (Å²) in [5, 5.41) is 3.76. The van der Waals surface area contributed by atoms with Gasteiger partial charge in [-0.2, -0.15) is 0 Å². The van der Waals surface area contributed by atoms with Crippen molar-refractivity contribution in [3.8, 4) is 0 Å². The molecule has 116 valence electrons. The highest BCUT2D eigenvalue weighted by atomic mass is 16.5. The fourth-order valence-corrected chi connectivity index (χ4v) is 2.18. The Morgan fingerprint density at radius 2 is 1.91 bits per heavy atom. The molecule has 0 bridgehead atoms. The molecular weight excluding hydrogens is 284 g/mol. The molecule has 0 radical (unpaired) electrons. The Bertz CT molecular complexity index is 764. The van der Waals surface area contributed by atoms with Gasteiger partial charge in [0, 0.05) is 5.39 Å². The molecule has 0 spiro atoms. The van der Waals surface area contributed by atoms with Crippen LogP contribution in [0.1, 0.15) is 24.3 Å². The van der Waals surface area contributed by atoms with Crippen molar-refractivity contribution in [3.63, 3.8) is 0 Å². The van der Waals surface area contributed by atoms with Crippen molar-refractivity contribution in [3.05, 3.63) is 46.4 Å². The highest BCUT2D eigenvalue weighted by Gasteiger charge is 2.25. The van der Waals surface area contributed by atoms with Crippen LogP contribution in [0, 0.1) is 5.92 Å². The molecule has 1 heterocycles. The number of rotatable bonds is 4. The lowest BCUT2D eigenvalue weighted by atomic mass is 10.0. The molecule has 1 unspecified atom stereocenters. The second-order valence-corrected chi connectivity index (χ2v) is 5.32. The lowest BCUT2D eigenvalue weighted by molar-refractivity contribution is -0.144. The Hall–Kier alpha value is -2.63. The first-order chi connectivity index (χ1) is 10.4. The summed E-state index contributed by atoms with van der Waals surface area (Å²) in [6.07, 6.45) is 0. The van der Waals surface area contributed by atoms with Gasteiger partial charge in [-0.05, 0) is 23.4 Å². The van der Waals surface area contributed by atoms with E-state index in [4.69, 9.17) is 0 Å². The molecule has 0 aliphatic rings. The number of hydrogen-bond acceptors (Lipinski definition) is 4. The van der Waals surface area contributed by atoms with Gasteiger partial charge in [-0.25, -0.2) is 4.79 Å². The normalized spacial score (nSPS) is 12.2. The summed E-state index contributed by atoms with van der Waals surface area (Å²) in [4.78, 5) is 38.5. The standard InChI is InChI=1S/C16H18N2O4/c1-9(2)13(16(21)22-3)18-15(20)12-8-10-6-4-5-7-11(10)14(19)17-12/h4-9,13H,1-3H3,(H,17,19)(H,18,20). The zero-order chi connectivity index (χ0) is 16.3. The van der Waals surface area contributed by atoms with E-state index in [1.54, 1.807) is 44.2 Å². The van der Waals surface area contributed by atoms with Crippen LogP contribution in [0.4, 0.5) is 0 Å². The van der Waals surface area contributed by atoms with E-state index < -0.39 is 17.9 Å². The molecule has 1 amide bonds. The van der Waals surface area contributed by atoms with Crippen molar-refractivity contribution in [1.29, 1.82) is 0 Å². The first-order valence-corrected chi connectivity index (χ1v) is 6.94. The van der Waals surface area contributed by atoms with Gasteiger partial charge in [-0.3, -0.25) is 9.59 Å². The molecule has 0 saturated carbocycles. The number of carbonyl (C=O) groups excluding carboxylic acids is 2. The Morgan fingerprint density at radius 1 is 1.23 bits per heavy atom. The van der Waals surface area contributed by atoms with Crippen LogP contribution in [0.15, 0.2) is 35.1 Å². The van der Waals surface area contributed by atoms with E-state index in [9.17, 15) is 14.4 Å². The number of hydrogen-bond donors (Lipinski definition) is 2. The second-order valence-electron chi connectivity index (χ2n) is 5.32. The summed E-state index contributed by atoms with van der Waals surface area (Å²) in [5.74, 6) is -1.18. The van der Waals surface area contributed by atoms with E-state index in [1.807, 2.05) is 0 Å². The molecule has 0 aliphatic heterocycles. The number of fused-ring (bicyclic) bond motifs is 1. The molecule has 1 atom stereocenters. The molecular formula is C16H18N2O4. The van der Waals surface area contributed by atoms with Crippen LogP contribution in [-0.2, 0) is 9.53 Å². The molecule has 1 aromatic carbocycles. The first-order valence-electron chi connectivity index (χ1n) is 6.94. The van der Waals surface area contributed by atoms with Crippen LogP contribution in [-0.4, -0.2) is 30.0 Å². The number of aromatic nitrogens is 1. The maximum Gasteiger partial charge on any atom is 0.328 e. The molecule has 2 aromatic rings. The largest absolute Gasteiger partial charge is 0.467 e. The fraction of sp³-hybridized carbons (Fsp3) is 0.312. The van der Waals surface area contributed by atoms with Crippen LogP contribution in [0.25, 0.3) is 10.8 Å². The molecule has 2 rings (SSSR count). The minimum Gasteiger partial charge on any atom is -0.467 e. The van der Waals surface area contributed by atoms with E-state index >= 15 is 0 Å². The number of aromatic amines is 1. The van der Waals surface area contributed by atoms with Gasteiger partial charge in [0.1, 0.15) is 11.7 Å². The average molecular weight is 302 g/mol. The van der Waals surface area contributed by atoms with E-state index in [-0.39, 0.29) is 17.2 Å². The van der Waals surface area contributed by atoms with Crippen molar-refractivity contribution in [2.75, 3.05) is 7.11 Å². The van der Waals surface area contributed by atoms with Crippen LogP contribution < -0.4 is 10.9 Å². The second kappa shape index (κ2) is 6.43. The third-order valence-corrected chi connectivity index (χ3v) is 3.41. The van der Waals surface area contributed by atoms with Gasteiger partial charge in [0.05, 0.1) is 7.11 Å². The maximum atomic E-state index is 12.3. The van der Waals surface area contributed by atoms with Crippen molar-refractivity contribution in [2.45, 2.75) is 19.9 Å². The van der Waals surface area contributed by atoms with Gasteiger partial charge in [0.15, 0.2) is 0 Å². The molecule has 0 fully saturated rings. The van der Waals surface area contributed by atoms with Crippen molar-refractivity contribution in [2.24, 2.45) is 5.92 Å². The van der Waals surface area contributed by atoms with E-state index in [1.165, 1.54) is 7.11 Å². The van der Waals surface area contributed by atoms with Gasteiger partial charge in [0.2, 0.25) is 0 Å². The summed E-state index contributed by atoms with van der Waals surface area (Å²) >= 11 is 0. The van der Waals surface area contributed by atoms with E-state index in [0.29, 0.717) is 10.8 Å². The summed E-state index contributed by atoms with van der Waals surface area (Å²) < 4.78 is 4.68. The minimum absolute atomic E-state index is 0.109. The predicted octanol–water partition coefficient (Wildman–Crippen LogP) is 1.46. The van der Waals surface area contributed by atoms with Gasteiger partial charge in [-0.15, -0.1) is 0 Å². The molecule has 0 aliphatic carbocycles. The lowest BCUT2D eigenvalue weighted by Crippen LogP contribution is -2.45. The zero-order valence-electron chi connectivity index (χ0n) is 12.7. The summed E-state index contributed by atoms with van der Waals surface area (Å²) in [6, 6.07) is 7.79. The molecule has 0 saturated heterocycles. The Morgan fingerprint density at radius 3 is 2.55 bits per heavy atom. The smallest absolute Gasteiger partial charge is 0.328 e. The monoisotopic (exact) mass is 302 g/mol.